The minimum Gasteiger partial charge on any atom is -0.463 e. The normalized spacial score (nSPS) is 13.3. The standard InChI is InChI=1S/C25H47O7P/c1-3-4-5-6-7-8-9-10-11-12-13-14-15-16-17-19-25(27)30-23-24(22-29-2)32-33(28)31-21-18-20-26/h10-11,20,24,28H,3-9,12-19,21-23H2,1-2H3/b11-10-/t24-,33?/m1/s1. The Morgan fingerprint density at radius 2 is 1.48 bits per heavy atom. The number of carbonyl (C=O) groups is 2. The van der Waals surface area contributed by atoms with Gasteiger partial charge in [0.15, 0.2) is 0 Å². The smallest absolute Gasteiger partial charge is 0.330 e. The molecule has 7 nitrogen and oxygen atoms in total. The first-order valence-electron chi connectivity index (χ1n) is 12.7. The number of carbonyl (C=O) groups excluding carboxylic acids is 2. The maximum atomic E-state index is 11.9. The van der Waals surface area contributed by atoms with E-state index in [2.05, 4.69) is 19.1 Å². The molecule has 8 heteroatoms. The second-order valence-electron chi connectivity index (χ2n) is 8.23. The lowest BCUT2D eigenvalue weighted by molar-refractivity contribution is -0.147. The van der Waals surface area contributed by atoms with Gasteiger partial charge in [-0.3, -0.25) is 4.79 Å². The van der Waals surface area contributed by atoms with Crippen LogP contribution >= 0.6 is 8.60 Å². The third-order valence-electron chi connectivity index (χ3n) is 5.10. The molecule has 0 heterocycles. The fraction of sp³-hybridized carbons (Fsp3) is 0.840. The first kappa shape index (κ1) is 32.1. The number of unbranched alkanes of at least 4 members (excludes halogenated alkanes) is 11. The van der Waals surface area contributed by atoms with Crippen molar-refractivity contribution in [3.05, 3.63) is 12.2 Å². The van der Waals surface area contributed by atoms with Crippen molar-refractivity contribution in [2.24, 2.45) is 0 Å². The molecule has 1 unspecified atom stereocenters. The van der Waals surface area contributed by atoms with Crippen molar-refractivity contribution in [3.63, 3.8) is 0 Å². The zero-order chi connectivity index (χ0) is 24.4. The van der Waals surface area contributed by atoms with Crippen LogP contribution in [-0.2, 0) is 28.1 Å². The quantitative estimate of drug-likeness (QED) is 0.0519. The molecular formula is C25H47O7P. The minimum atomic E-state index is -2.14. The summed E-state index contributed by atoms with van der Waals surface area (Å²) in [7, 11) is -0.642. The van der Waals surface area contributed by atoms with Crippen LogP contribution in [0.25, 0.3) is 0 Å². The molecule has 0 spiro atoms. The number of methoxy groups -OCH3 is 1. The van der Waals surface area contributed by atoms with Crippen molar-refractivity contribution >= 4 is 20.9 Å². The molecule has 0 aromatic carbocycles. The topological polar surface area (TPSA) is 91.3 Å². The zero-order valence-electron chi connectivity index (χ0n) is 20.9. The van der Waals surface area contributed by atoms with Gasteiger partial charge in [0.2, 0.25) is 0 Å². The summed E-state index contributed by atoms with van der Waals surface area (Å²) in [6, 6.07) is 0. The van der Waals surface area contributed by atoms with Crippen molar-refractivity contribution in [3.8, 4) is 0 Å². The van der Waals surface area contributed by atoms with Gasteiger partial charge in [0.25, 0.3) is 0 Å². The highest BCUT2D eigenvalue weighted by Crippen LogP contribution is 2.34. The Morgan fingerprint density at radius 1 is 0.879 bits per heavy atom. The van der Waals surface area contributed by atoms with Gasteiger partial charge in [-0.2, -0.15) is 0 Å². The molecule has 0 radical (unpaired) electrons. The molecule has 194 valence electrons. The van der Waals surface area contributed by atoms with Crippen LogP contribution in [0.1, 0.15) is 103 Å². The highest BCUT2D eigenvalue weighted by molar-refractivity contribution is 7.40. The van der Waals surface area contributed by atoms with E-state index in [4.69, 9.17) is 18.5 Å². The summed E-state index contributed by atoms with van der Waals surface area (Å²) < 4.78 is 20.5. The summed E-state index contributed by atoms with van der Waals surface area (Å²) >= 11 is 0. The van der Waals surface area contributed by atoms with Crippen molar-refractivity contribution < 1.29 is 33.0 Å². The van der Waals surface area contributed by atoms with E-state index in [-0.39, 0.29) is 32.2 Å². The van der Waals surface area contributed by atoms with Gasteiger partial charge >= 0.3 is 14.6 Å². The monoisotopic (exact) mass is 490 g/mol. The lowest BCUT2D eigenvalue weighted by Crippen LogP contribution is -2.25. The molecule has 0 aliphatic carbocycles. The average molecular weight is 491 g/mol. The molecule has 0 fully saturated rings. The summed E-state index contributed by atoms with van der Waals surface area (Å²) in [5, 5.41) is 0. The largest absolute Gasteiger partial charge is 0.463 e. The summed E-state index contributed by atoms with van der Waals surface area (Å²) in [5.74, 6) is -0.276. The second kappa shape index (κ2) is 25.8. The Morgan fingerprint density at radius 3 is 2.09 bits per heavy atom. The van der Waals surface area contributed by atoms with E-state index in [1.54, 1.807) is 0 Å². The molecule has 1 N–H and O–H groups in total. The van der Waals surface area contributed by atoms with E-state index in [1.165, 1.54) is 64.9 Å². The second-order valence-corrected chi connectivity index (χ2v) is 9.17. The Balaban J connectivity index is 3.62. The number of esters is 1. The first-order chi connectivity index (χ1) is 16.1. The number of hydrogen-bond acceptors (Lipinski definition) is 7. The van der Waals surface area contributed by atoms with Crippen LogP contribution in [0.4, 0.5) is 0 Å². The maximum absolute atomic E-state index is 11.9. The van der Waals surface area contributed by atoms with Crippen LogP contribution in [0.3, 0.4) is 0 Å². The van der Waals surface area contributed by atoms with Crippen LogP contribution in [0, 0.1) is 0 Å². The molecule has 2 atom stereocenters. The predicted molar refractivity (Wildman–Crippen MR) is 133 cm³/mol. The SMILES string of the molecule is CCCCCCCC/C=C\CCCCCCCC(=O)OC[C@@H](COC)OP(O)OCCC=O. The molecule has 0 aromatic heterocycles. The summed E-state index contributed by atoms with van der Waals surface area (Å²) in [4.78, 5) is 31.9. The number of hydrogen-bond donors (Lipinski definition) is 1. The van der Waals surface area contributed by atoms with Crippen LogP contribution < -0.4 is 0 Å². The predicted octanol–water partition coefficient (Wildman–Crippen LogP) is 6.42. The van der Waals surface area contributed by atoms with Crippen LogP contribution in [0.15, 0.2) is 12.2 Å². The van der Waals surface area contributed by atoms with Gasteiger partial charge in [-0.1, -0.05) is 70.4 Å². The minimum absolute atomic E-state index is 0.00577. The fourth-order valence-electron chi connectivity index (χ4n) is 3.23. The Kier molecular flexibility index (Phi) is 25.1. The number of rotatable bonds is 25. The highest BCUT2D eigenvalue weighted by atomic mass is 31.2. The summed E-state index contributed by atoms with van der Waals surface area (Å²) in [6.07, 6.45) is 21.1. The number of ether oxygens (including phenoxy) is 2. The first-order valence-corrected chi connectivity index (χ1v) is 13.8. The van der Waals surface area contributed by atoms with E-state index in [0.717, 1.165) is 25.7 Å². The molecule has 0 bridgehead atoms. The maximum Gasteiger partial charge on any atom is 0.330 e. The van der Waals surface area contributed by atoms with Gasteiger partial charge in [0.1, 0.15) is 19.0 Å². The molecule has 0 aliphatic rings. The van der Waals surface area contributed by atoms with E-state index in [9.17, 15) is 14.5 Å². The van der Waals surface area contributed by atoms with Crippen molar-refractivity contribution in [2.45, 2.75) is 109 Å². The zero-order valence-corrected chi connectivity index (χ0v) is 21.8. The van der Waals surface area contributed by atoms with Gasteiger partial charge in [-0.25, -0.2) is 0 Å². The molecular weight excluding hydrogens is 443 g/mol. The van der Waals surface area contributed by atoms with Crippen LogP contribution in [0.5, 0.6) is 0 Å². The van der Waals surface area contributed by atoms with Gasteiger partial charge in [0.05, 0.1) is 13.2 Å². The van der Waals surface area contributed by atoms with E-state index < -0.39 is 14.7 Å². The van der Waals surface area contributed by atoms with Crippen molar-refractivity contribution in [1.82, 2.24) is 0 Å². The van der Waals surface area contributed by atoms with E-state index in [0.29, 0.717) is 12.7 Å². The molecule has 0 aromatic rings. The summed E-state index contributed by atoms with van der Waals surface area (Å²) in [6.45, 7) is 2.49. The van der Waals surface area contributed by atoms with E-state index in [1.807, 2.05) is 0 Å². The third-order valence-corrected chi connectivity index (χ3v) is 5.98. The van der Waals surface area contributed by atoms with Crippen molar-refractivity contribution in [1.29, 1.82) is 0 Å². The summed E-state index contributed by atoms with van der Waals surface area (Å²) in [5.41, 5.74) is 0. The molecule has 0 saturated carbocycles. The highest BCUT2D eigenvalue weighted by Gasteiger charge is 2.18. The van der Waals surface area contributed by atoms with Gasteiger partial charge < -0.3 is 28.2 Å². The molecule has 0 amide bonds. The molecule has 0 rings (SSSR count). The van der Waals surface area contributed by atoms with Gasteiger partial charge in [-0.05, 0) is 32.1 Å². The van der Waals surface area contributed by atoms with E-state index >= 15 is 0 Å². The molecule has 33 heavy (non-hydrogen) atoms. The number of aldehydes is 1. The fourth-order valence-corrected chi connectivity index (χ4v) is 3.93. The van der Waals surface area contributed by atoms with Crippen molar-refractivity contribution in [2.75, 3.05) is 26.9 Å². The Labute approximate surface area is 202 Å². The lowest BCUT2D eigenvalue weighted by atomic mass is 10.1. The Bertz CT molecular complexity index is 474. The lowest BCUT2D eigenvalue weighted by Gasteiger charge is -2.19. The Hall–Kier alpha value is -0.850. The molecule has 0 saturated heterocycles. The third kappa shape index (κ3) is 24.1. The van der Waals surface area contributed by atoms with Gasteiger partial charge in [0, 0.05) is 20.0 Å². The number of allylic oxidation sites excluding steroid dienone is 2. The van der Waals surface area contributed by atoms with Crippen LogP contribution in [-0.4, -0.2) is 50.2 Å². The average Bonchev–Trinajstić information content (AvgIpc) is 2.80. The molecule has 0 aliphatic heterocycles. The van der Waals surface area contributed by atoms with Gasteiger partial charge in [-0.15, -0.1) is 0 Å². The van der Waals surface area contributed by atoms with Crippen LogP contribution in [0.2, 0.25) is 0 Å².